The van der Waals surface area contributed by atoms with Gasteiger partial charge in [0, 0.05) is 12.1 Å². The fraction of sp³-hybridized carbons (Fsp3) is 0.222. The van der Waals surface area contributed by atoms with Gasteiger partial charge in [-0.1, -0.05) is 6.07 Å². The number of aldehydes is 1. The van der Waals surface area contributed by atoms with E-state index in [1.54, 1.807) is 19.1 Å². The van der Waals surface area contributed by atoms with Crippen LogP contribution in [0, 0.1) is 10.1 Å². The van der Waals surface area contributed by atoms with Crippen LogP contribution in [0.1, 0.15) is 28.9 Å². The van der Waals surface area contributed by atoms with Crippen molar-refractivity contribution >= 4 is 17.9 Å². The number of non-ortho nitro benzene ring substituents is 1. The molecular weight excluding hydrogens is 356 g/mol. The molecule has 0 aliphatic carbocycles. The minimum absolute atomic E-state index is 0.000759. The van der Waals surface area contributed by atoms with Gasteiger partial charge in [-0.3, -0.25) is 19.7 Å². The predicted molar refractivity (Wildman–Crippen MR) is 93.1 cm³/mol. The second-order valence-electron chi connectivity index (χ2n) is 5.79. The fourth-order valence-corrected chi connectivity index (χ4v) is 2.57. The molecule has 9 nitrogen and oxygen atoms in total. The van der Waals surface area contributed by atoms with Crippen LogP contribution in [0.5, 0.6) is 17.2 Å². The summed E-state index contributed by atoms with van der Waals surface area (Å²) < 4.78 is 15.9. The number of carbonyl (C=O) groups excluding carboxylic acids is 2. The van der Waals surface area contributed by atoms with E-state index in [0.717, 1.165) is 11.6 Å². The standard InChI is InChI=1S/C18H16N2O7/c1-11(12-2-4-16-17(7-12)27-10-26-16)19-18(22)9-25-15-5-3-14(20(23)24)6-13(15)8-21/h2-8,11H,9-10H2,1H3,(H,19,22)/t11-/m0/s1. The number of nitro benzene ring substituents is 1. The third-order valence-electron chi connectivity index (χ3n) is 3.96. The van der Waals surface area contributed by atoms with E-state index in [2.05, 4.69) is 5.32 Å². The molecule has 0 bridgehead atoms. The Bertz CT molecular complexity index is 897. The van der Waals surface area contributed by atoms with Crippen LogP contribution in [0.15, 0.2) is 36.4 Å². The second-order valence-corrected chi connectivity index (χ2v) is 5.79. The number of benzene rings is 2. The topological polar surface area (TPSA) is 117 Å². The van der Waals surface area contributed by atoms with Gasteiger partial charge in [0.15, 0.2) is 24.4 Å². The summed E-state index contributed by atoms with van der Waals surface area (Å²) in [6, 6.07) is 8.65. The quantitative estimate of drug-likeness (QED) is 0.450. The van der Waals surface area contributed by atoms with Gasteiger partial charge in [0.2, 0.25) is 6.79 Å². The van der Waals surface area contributed by atoms with Crippen LogP contribution in [-0.2, 0) is 4.79 Å². The zero-order valence-electron chi connectivity index (χ0n) is 14.3. The van der Waals surface area contributed by atoms with E-state index in [-0.39, 0.29) is 36.4 Å². The molecule has 9 heteroatoms. The summed E-state index contributed by atoms with van der Waals surface area (Å²) in [4.78, 5) is 33.3. The largest absolute Gasteiger partial charge is 0.483 e. The van der Waals surface area contributed by atoms with Crippen molar-refractivity contribution in [1.29, 1.82) is 0 Å². The molecule has 1 amide bonds. The summed E-state index contributed by atoms with van der Waals surface area (Å²) in [6.45, 7) is 1.63. The Morgan fingerprint density at radius 3 is 2.81 bits per heavy atom. The van der Waals surface area contributed by atoms with Crippen molar-refractivity contribution in [1.82, 2.24) is 5.32 Å². The SMILES string of the molecule is C[C@H](NC(=O)COc1ccc([N+](=O)[O-])cc1C=O)c1ccc2c(c1)OCO2. The lowest BCUT2D eigenvalue weighted by atomic mass is 10.1. The van der Waals surface area contributed by atoms with Crippen LogP contribution < -0.4 is 19.5 Å². The average Bonchev–Trinajstić information content (AvgIpc) is 3.13. The van der Waals surface area contributed by atoms with Crippen LogP contribution in [0.2, 0.25) is 0 Å². The highest BCUT2D eigenvalue weighted by molar-refractivity contribution is 5.82. The zero-order chi connectivity index (χ0) is 19.4. The van der Waals surface area contributed by atoms with Crippen LogP contribution in [-0.4, -0.2) is 30.5 Å². The normalized spacial score (nSPS) is 12.9. The van der Waals surface area contributed by atoms with Gasteiger partial charge in [0.05, 0.1) is 16.5 Å². The molecule has 0 aromatic heterocycles. The Morgan fingerprint density at radius 1 is 1.30 bits per heavy atom. The molecule has 0 fully saturated rings. The van der Waals surface area contributed by atoms with Crippen molar-refractivity contribution in [3.8, 4) is 17.2 Å². The summed E-state index contributed by atoms with van der Waals surface area (Å²) in [7, 11) is 0. The summed E-state index contributed by atoms with van der Waals surface area (Å²) >= 11 is 0. The number of carbonyl (C=O) groups is 2. The van der Waals surface area contributed by atoms with E-state index in [0.29, 0.717) is 17.8 Å². The second kappa shape index (κ2) is 7.73. The number of amides is 1. The molecule has 2 aromatic rings. The van der Waals surface area contributed by atoms with Crippen molar-refractivity contribution < 1.29 is 28.7 Å². The predicted octanol–water partition coefficient (Wildman–Crippen LogP) is 2.39. The van der Waals surface area contributed by atoms with Crippen LogP contribution in [0.3, 0.4) is 0 Å². The van der Waals surface area contributed by atoms with E-state index in [9.17, 15) is 19.7 Å². The molecule has 140 valence electrons. The van der Waals surface area contributed by atoms with Crippen LogP contribution in [0.4, 0.5) is 5.69 Å². The van der Waals surface area contributed by atoms with Crippen molar-refractivity contribution in [2.75, 3.05) is 13.4 Å². The molecule has 1 atom stereocenters. The maximum atomic E-state index is 12.1. The number of nitro groups is 1. The Kier molecular flexibility index (Phi) is 5.20. The molecule has 0 spiro atoms. The van der Waals surface area contributed by atoms with Crippen LogP contribution >= 0.6 is 0 Å². The summed E-state index contributed by atoms with van der Waals surface area (Å²) in [5.41, 5.74) is 0.600. The van der Waals surface area contributed by atoms with E-state index < -0.39 is 10.8 Å². The Hall–Kier alpha value is -3.62. The highest BCUT2D eigenvalue weighted by Crippen LogP contribution is 2.34. The van der Waals surface area contributed by atoms with Gasteiger partial charge in [0.25, 0.3) is 11.6 Å². The van der Waals surface area contributed by atoms with Gasteiger partial charge >= 0.3 is 0 Å². The number of ether oxygens (including phenoxy) is 3. The monoisotopic (exact) mass is 372 g/mol. The lowest BCUT2D eigenvalue weighted by molar-refractivity contribution is -0.384. The van der Waals surface area contributed by atoms with E-state index in [1.807, 2.05) is 6.07 Å². The number of nitrogens with zero attached hydrogens (tertiary/aromatic N) is 1. The first kappa shape index (κ1) is 18.2. The molecular formula is C18H16N2O7. The number of hydrogen-bond acceptors (Lipinski definition) is 7. The molecule has 0 saturated carbocycles. The molecule has 0 saturated heterocycles. The van der Waals surface area contributed by atoms with E-state index in [1.165, 1.54) is 12.1 Å². The van der Waals surface area contributed by atoms with Gasteiger partial charge < -0.3 is 19.5 Å². The van der Waals surface area contributed by atoms with Crippen molar-refractivity contribution in [2.45, 2.75) is 13.0 Å². The van der Waals surface area contributed by atoms with Gasteiger partial charge in [-0.15, -0.1) is 0 Å². The maximum absolute atomic E-state index is 12.1. The third kappa shape index (κ3) is 4.14. The molecule has 1 aliphatic heterocycles. The summed E-state index contributed by atoms with van der Waals surface area (Å²) in [5, 5.41) is 13.5. The van der Waals surface area contributed by atoms with Crippen LogP contribution in [0.25, 0.3) is 0 Å². The molecule has 27 heavy (non-hydrogen) atoms. The van der Waals surface area contributed by atoms with Gasteiger partial charge in [-0.05, 0) is 30.7 Å². The number of fused-ring (bicyclic) bond motifs is 1. The molecule has 0 unspecified atom stereocenters. The number of rotatable bonds is 7. The van der Waals surface area contributed by atoms with Crippen molar-refractivity contribution in [3.05, 3.63) is 57.6 Å². The first-order chi connectivity index (χ1) is 13.0. The average molecular weight is 372 g/mol. The molecule has 2 aromatic carbocycles. The first-order valence-corrected chi connectivity index (χ1v) is 8.03. The Morgan fingerprint density at radius 2 is 2.07 bits per heavy atom. The first-order valence-electron chi connectivity index (χ1n) is 8.03. The highest BCUT2D eigenvalue weighted by atomic mass is 16.7. The Balaban J connectivity index is 1.59. The minimum Gasteiger partial charge on any atom is -0.483 e. The van der Waals surface area contributed by atoms with Crippen molar-refractivity contribution in [2.24, 2.45) is 0 Å². The highest BCUT2D eigenvalue weighted by Gasteiger charge is 2.17. The number of nitrogens with one attached hydrogen (secondary N) is 1. The van der Waals surface area contributed by atoms with E-state index in [4.69, 9.17) is 14.2 Å². The number of hydrogen-bond donors (Lipinski definition) is 1. The smallest absolute Gasteiger partial charge is 0.270 e. The molecule has 1 N–H and O–H groups in total. The Labute approximate surface area is 154 Å². The summed E-state index contributed by atoms with van der Waals surface area (Å²) in [6.07, 6.45) is 0.440. The molecule has 1 heterocycles. The third-order valence-corrected chi connectivity index (χ3v) is 3.96. The molecule has 1 aliphatic rings. The minimum atomic E-state index is -0.615. The fourth-order valence-electron chi connectivity index (χ4n) is 2.57. The van der Waals surface area contributed by atoms with Gasteiger partial charge in [-0.25, -0.2) is 0 Å². The lowest BCUT2D eigenvalue weighted by Crippen LogP contribution is -2.31. The van der Waals surface area contributed by atoms with Gasteiger partial charge in [-0.2, -0.15) is 0 Å². The molecule has 3 rings (SSSR count). The maximum Gasteiger partial charge on any atom is 0.270 e. The summed E-state index contributed by atoms with van der Waals surface area (Å²) in [5.74, 6) is 0.961. The molecule has 0 radical (unpaired) electrons. The van der Waals surface area contributed by atoms with E-state index >= 15 is 0 Å². The zero-order valence-corrected chi connectivity index (χ0v) is 14.3. The van der Waals surface area contributed by atoms with Gasteiger partial charge in [0.1, 0.15) is 5.75 Å². The van der Waals surface area contributed by atoms with Crippen molar-refractivity contribution in [3.63, 3.8) is 0 Å². The lowest BCUT2D eigenvalue weighted by Gasteiger charge is -2.15.